The number of nitrogens with one attached hydrogen (secondary N) is 2. The van der Waals surface area contributed by atoms with Gasteiger partial charge in [0.1, 0.15) is 59.9 Å². The molecule has 0 aliphatic carbocycles. The summed E-state index contributed by atoms with van der Waals surface area (Å²) in [5.74, 6) is -0.726. The molecule has 14 heteroatoms. The fraction of sp³-hybridized carbons (Fsp3) is 0.321. The Balaban J connectivity index is 0.000000206. The summed E-state index contributed by atoms with van der Waals surface area (Å²) in [6, 6.07) is 57.2. The molecule has 10 atom stereocenters. The van der Waals surface area contributed by atoms with Crippen LogP contribution >= 0.6 is 0 Å². The zero-order valence-electron chi connectivity index (χ0n) is 39.6. The zero-order valence-corrected chi connectivity index (χ0v) is 39.6. The summed E-state index contributed by atoms with van der Waals surface area (Å²) in [4.78, 5) is 23.2. The Labute approximate surface area is 408 Å². The van der Waals surface area contributed by atoms with E-state index in [4.69, 9.17) is 28.4 Å². The predicted octanol–water partition coefficient (Wildman–Crippen LogP) is 5.19. The van der Waals surface area contributed by atoms with Crippen molar-refractivity contribution in [1.29, 1.82) is 0 Å². The molecule has 2 amide bonds. The van der Waals surface area contributed by atoms with Crippen LogP contribution in [0.5, 0.6) is 0 Å². The smallest absolute Gasteiger partial charge is 0.217 e. The van der Waals surface area contributed by atoms with Crippen LogP contribution in [0.2, 0.25) is 0 Å². The number of rotatable bonds is 16. The van der Waals surface area contributed by atoms with Gasteiger partial charge in [-0.2, -0.15) is 0 Å². The van der Waals surface area contributed by atoms with Crippen molar-refractivity contribution in [2.45, 2.75) is 86.3 Å². The second-order valence-electron chi connectivity index (χ2n) is 17.2. The fourth-order valence-corrected chi connectivity index (χ4v) is 9.27. The first-order valence-corrected chi connectivity index (χ1v) is 23.2. The topological polar surface area (TPSA) is 194 Å². The summed E-state index contributed by atoms with van der Waals surface area (Å²) in [7, 11) is 2.84. The van der Waals surface area contributed by atoms with Crippen LogP contribution in [-0.2, 0) is 49.2 Å². The Kier molecular flexibility index (Phi) is 17.8. The van der Waals surface area contributed by atoms with Crippen molar-refractivity contribution in [1.82, 2.24) is 10.6 Å². The number of benzene rings is 6. The van der Waals surface area contributed by atoms with Gasteiger partial charge in [-0.25, -0.2) is 0 Å². The van der Waals surface area contributed by atoms with E-state index >= 15 is 0 Å². The van der Waals surface area contributed by atoms with Crippen molar-refractivity contribution in [3.8, 4) is 0 Å². The standard InChI is InChI=1S/2C28H31NO6/c2*1-19(30)29-24-26(32)25(31)23(35-27(24)33-2)18-34-28(20-12-6-3-7-13-20,21-14-8-4-9-15-21)22-16-10-5-11-17-22/h2*3-17,23-27,31-32H,18H2,1-2H3,(H,29,30). The first-order chi connectivity index (χ1) is 33.9. The minimum Gasteiger partial charge on any atom is -0.388 e. The third-order valence-electron chi connectivity index (χ3n) is 12.6. The van der Waals surface area contributed by atoms with Crippen LogP contribution in [0.4, 0.5) is 0 Å². The van der Waals surface area contributed by atoms with E-state index in [1.165, 1.54) is 28.1 Å². The summed E-state index contributed by atoms with van der Waals surface area (Å²) in [6.45, 7) is 2.55. The Bertz CT molecular complexity index is 2140. The number of aliphatic hydroxyl groups excluding tert-OH is 4. The molecule has 6 N–H and O–H groups in total. The number of ether oxygens (including phenoxy) is 6. The minimum atomic E-state index is -1.31. The van der Waals surface area contributed by atoms with E-state index in [2.05, 4.69) is 10.6 Å². The molecule has 2 fully saturated rings. The molecule has 70 heavy (non-hydrogen) atoms. The molecule has 8 rings (SSSR count). The lowest BCUT2D eigenvalue weighted by atomic mass is 9.80. The van der Waals surface area contributed by atoms with Gasteiger partial charge in [0.05, 0.1) is 13.2 Å². The predicted molar refractivity (Wildman–Crippen MR) is 261 cm³/mol. The maximum absolute atomic E-state index is 11.6. The fourth-order valence-electron chi connectivity index (χ4n) is 9.27. The van der Waals surface area contributed by atoms with Gasteiger partial charge in [0.2, 0.25) is 11.8 Å². The molecule has 6 aromatic rings. The highest BCUT2D eigenvalue weighted by molar-refractivity contribution is 5.73. The van der Waals surface area contributed by atoms with E-state index < -0.39 is 72.5 Å². The Morgan fingerprint density at radius 3 is 0.857 bits per heavy atom. The number of aliphatic hydroxyl groups is 4. The third kappa shape index (κ3) is 11.4. The van der Waals surface area contributed by atoms with Crippen molar-refractivity contribution in [2.24, 2.45) is 0 Å². The summed E-state index contributed by atoms with van der Waals surface area (Å²) in [5, 5.41) is 48.5. The lowest BCUT2D eigenvalue weighted by molar-refractivity contribution is -0.269. The Hall–Kier alpha value is -6.14. The maximum atomic E-state index is 11.6. The van der Waals surface area contributed by atoms with Crippen LogP contribution in [0.15, 0.2) is 182 Å². The number of amides is 2. The second-order valence-corrected chi connectivity index (χ2v) is 17.2. The van der Waals surface area contributed by atoms with Crippen molar-refractivity contribution in [3.63, 3.8) is 0 Å². The van der Waals surface area contributed by atoms with E-state index in [1.807, 2.05) is 182 Å². The number of carbonyl (C=O) groups excluding carboxylic acids is 2. The zero-order chi connectivity index (χ0) is 49.7. The van der Waals surface area contributed by atoms with Crippen LogP contribution in [0.1, 0.15) is 47.2 Å². The van der Waals surface area contributed by atoms with Gasteiger partial charge in [-0.3, -0.25) is 9.59 Å². The molecule has 0 spiro atoms. The van der Waals surface area contributed by atoms with Gasteiger partial charge in [0, 0.05) is 28.1 Å². The summed E-state index contributed by atoms with van der Waals surface area (Å²) < 4.78 is 36.1. The molecule has 0 radical (unpaired) electrons. The number of carbonyl (C=O) groups is 2. The summed E-state index contributed by atoms with van der Waals surface area (Å²) >= 11 is 0. The molecule has 2 saturated heterocycles. The lowest BCUT2D eigenvalue weighted by Crippen LogP contribution is -2.64. The molecule has 2 aliphatic heterocycles. The van der Waals surface area contributed by atoms with Crippen molar-refractivity contribution < 1.29 is 58.4 Å². The van der Waals surface area contributed by atoms with Crippen molar-refractivity contribution in [3.05, 3.63) is 215 Å². The van der Waals surface area contributed by atoms with Gasteiger partial charge < -0.3 is 59.5 Å². The second kappa shape index (κ2) is 24.1. The van der Waals surface area contributed by atoms with Gasteiger partial charge in [0.25, 0.3) is 0 Å². The average molecular weight is 955 g/mol. The summed E-state index contributed by atoms with van der Waals surface area (Å²) in [6.07, 6.45) is -8.94. The van der Waals surface area contributed by atoms with E-state index in [0.717, 1.165) is 33.4 Å². The van der Waals surface area contributed by atoms with Crippen LogP contribution in [0.25, 0.3) is 0 Å². The van der Waals surface area contributed by atoms with Gasteiger partial charge in [-0.1, -0.05) is 182 Å². The Morgan fingerprint density at radius 1 is 0.429 bits per heavy atom. The molecule has 0 saturated carbocycles. The lowest BCUT2D eigenvalue weighted by Gasteiger charge is -2.44. The molecule has 2 aliphatic rings. The maximum Gasteiger partial charge on any atom is 0.217 e. The highest BCUT2D eigenvalue weighted by atomic mass is 16.7. The van der Waals surface area contributed by atoms with Crippen LogP contribution in [-0.4, -0.2) is 121 Å². The van der Waals surface area contributed by atoms with Gasteiger partial charge in [-0.15, -0.1) is 0 Å². The average Bonchev–Trinajstić information content (AvgIpc) is 3.40. The van der Waals surface area contributed by atoms with E-state index in [-0.39, 0.29) is 25.0 Å². The summed E-state index contributed by atoms with van der Waals surface area (Å²) in [5.41, 5.74) is 3.42. The number of hydrogen-bond donors (Lipinski definition) is 6. The van der Waals surface area contributed by atoms with Crippen LogP contribution in [0.3, 0.4) is 0 Å². The molecule has 368 valence electrons. The van der Waals surface area contributed by atoms with E-state index in [1.54, 1.807) is 0 Å². The first-order valence-electron chi connectivity index (χ1n) is 23.2. The number of methoxy groups -OCH3 is 2. The monoisotopic (exact) mass is 954 g/mol. The Morgan fingerprint density at radius 2 is 0.657 bits per heavy atom. The van der Waals surface area contributed by atoms with E-state index in [9.17, 15) is 30.0 Å². The first kappa shape index (κ1) is 51.7. The SMILES string of the molecule is COC1OC(COC(c2ccccc2)(c2ccccc2)c2ccccc2)C(O)C(O)C1NC(C)=O.COC1OC(COC(c2ccccc2)(c2ccccc2)c2ccccc2)C(O)C(O)C1NC(C)=O. The molecular weight excluding hydrogens is 893 g/mol. The van der Waals surface area contributed by atoms with Crippen LogP contribution in [0, 0.1) is 0 Å². The number of hydrogen-bond acceptors (Lipinski definition) is 12. The highest BCUT2D eigenvalue weighted by Crippen LogP contribution is 2.43. The largest absolute Gasteiger partial charge is 0.388 e. The molecule has 10 unspecified atom stereocenters. The molecule has 6 aromatic carbocycles. The minimum absolute atomic E-state index is 0.0520. The molecular formula is C56H62N2O12. The third-order valence-corrected chi connectivity index (χ3v) is 12.6. The van der Waals surface area contributed by atoms with E-state index in [0.29, 0.717) is 0 Å². The molecule has 2 heterocycles. The van der Waals surface area contributed by atoms with Crippen molar-refractivity contribution >= 4 is 11.8 Å². The highest BCUT2D eigenvalue weighted by Gasteiger charge is 2.49. The van der Waals surface area contributed by atoms with Crippen LogP contribution < -0.4 is 10.6 Å². The normalized spacial score (nSPS) is 24.6. The van der Waals surface area contributed by atoms with Gasteiger partial charge in [0.15, 0.2) is 12.6 Å². The molecule has 0 bridgehead atoms. The quantitative estimate of drug-likeness (QED) is 0.0698. The molecule has 0 aromatic heterocycles. The molecule has 14 nitrogen and oxygen atoms in total. The van der Waals surface area contributed by atoms with Crippen molar-refractivity contribution in [2.75, 3.05) is 27.4 Å². The van der Waals surface area contributed by atoms with Gasteiger partial charge in [-0.05, 0) is 33.4 Å². The van der Waals surface area contributed by atoms with Gasteiger partial charge >= 0.3 is 0 Å².